The average molecular weight is 264 g/mol. The van der Waals surface area contributed by atoms with E-state index in [0.717, 1.165) is 5.56 Å². The Morgan fingerprint density at radius 2 is 1.83 bits per heavy atom. The maximum atomic E-state index is 11.3. The molecule has 0 atom stereocenters. The summed E-state index contributed by atoms with van der Waals surface area (Å²) in [4.78, 5) is 8.33. The van der Waals surface area contributed by atoms with E-state index in [0.29, 0.717) is 11.6 Å². The Labute approximate surface area is 105 Å². The van der Waals surface area contributed by atoms with Crippen molar-refractivity contribution in [1.82, 2.24) is 9.97 Å². The van der Waals surface area contributed by atoms with Crippen molar-refractivity contribution in [1.29, 1.82) is 0 Å². The Kier molecular flexibility index (Phi) is 3.26. The van der Waals surface area contributed by atoms with Crippen molar-refractivity contribution < 1.29 is 8.42 Å². The van der Waals surface area contributed by atoms with E-state index in [9.17, 15) is 8.42 Å². The zero-order chi connectivity index (χ0) is 13.2. The highest BCUT2D eigenvalue weighted by Crippen LogP contribution is 2.19. The number of sulfone groups is 1. The number of rotatable bonds is 3. The molecule has 3 N–H and O–H groups in total. The molecule has 0 spiro atoms. The van der Waals surface area contributed by atoms with E-state index in [1.54, 1.807) is 36.5 Å². The van der Waals surface area contributed by atoms with Gasteiger partial charge in [-0.3, -0.25) is 5.43 Å². The Bertz CT molecular complexity index is 653. The number of hydrogen-bond donors (Lipinski definition) is 2. The smallest absolute Gasteiger partial charge is 0.237 e. The van der Waals surface area contributed by atoms with Crippen molar-refractivity contribution >= 4 is 15.8 Å². The van der Waals surface area contributed by atoms with E-state index in [-0.39, 0.29) is 4.90 Å². The van der Waals surface area contributed by atoms with Crippen LogP contribution in [-0.4, -0.2) is 24.6 Å². The lowest BCUT2D eigenvalue weighted by atomic mass is 10.1. The van der Waals surface area contributed by atoms with Crippen LogP contribution in [0.2, 0.25) is 0 Å². The summed E-state index contributed by atoms with van der Waals surface area (Å²) in [5.74, 6) is 5.53. The van der Waals surface area contributed by atoms with Gasteiger partial charge in [-0.25, -0.2) is 24.2 Å². The molecular formula is C11H12N4O2S. The summed E-state index contributed by atoms with van der Waals surface area (Å²) in [5.41, 5.74) is 3.81. The fourth-order valence-corrected chi connectivity index (χ4v) is 2.09. The molecule has 1 aromatic heterocycles. The van der Waals surface area contributed by atoms with Crippen LogP contribution in [0.4, 0.5) is 5.95 Å². The van der Waals surface area contributed by atoms with Crippen LogP contribution in [0.25, 0.3) is 11.3 Å². The summed E-state index contributed by atoms with van der Waals surface area (Å²) in [5, 5.41) is 0. The predicted molar refractivity (Wildman–Crippen MR) is 68.4 cm³/mol. The quantitative estimate of drug-likeness (QED) is 0.629. The van der Waals surface area contributed by atoms with Gasteiger partial charge in [0.15, 0.2) is 9.84 Å². The van der Waals surface area contributed by atoms with Crippen molar-refractivity contribution in [2.45, 2.75) is 4.90 Å². The molecule has 6 nitrogen and oxygen atoms in total. The summed E-state index contributed by atoms with van der Waals surface area (Å²) in [6.07, 6.45) is 2.74. The lowest BCUT2D eigenvalue weighted by Crippen LogP contribution is -2.10. The molecule has 0 amide bonds. The third-order valence-corrected chi connectivity index (χ3v) is 3.49. The van der Waals surface area contributed by atoms with Crippen LogP contribution in [0.3, 0.4) is 0 Å². The van der Waals surface area contributed by atoms with E-state index in [1.807, 2.05) is 0 Å². The molecule has 0 bridgehead atoms. The molecule has 94 valence electrons. The molecule has 7 heteroatoms. The van der Waals surface area contributed by atoms with Crippen LogP contribution < -0.4 is 11.3 Å². The van der Waals surface area contributed by atoms with Crippen molar-refractivity contribution in [2.24, 2.45) is 5.84 Å². The molecule has 0 aliphatic rings. The monoisotopic (exact) mass is 264 g/mol. The second-order valence-electron chi connectivity index (χ2n) is 3.71. The molecule has 2 rings (SSSR count). The predicted octanol–water partition coefficient (Wildman–Crippen LogP) is 0.833. The number of hydrogen-bond acceptors (Lipinski definition) is 6. The first-order valence-corrected chi connectivity index (χ1v) is 7.00. The second kappa shape index (κ2) is 4.71. The summed E-state index contributed by atoms with van der Waals surface area (Å²) in [6, 6.07) is 8.19. The van der Waals surface area contributed by atoms with Gasteiger partial charge in [-0.05, 0) is 18.2 Å². The average Bonchev–Trinajstić information content (AvgIpc) is 2.38. The van der Waals surface area contributed by atoms with Gasteiger partial charge in [0.05, 0.1) is 10.6 Å². The van der Waals surface area contributed by atoms with Gasteiger partial charge in [0.2, 0.25) is 5.95 Å². The number of hydrazine groups is 1. The largest absolute Gasteiger partial charge is 0.292 e. The Balaban J connectivity index is 2.40. The molecule has 18 heavy (non-hydrogen) atoms. The fourth-order valence-electron chi connectivity index (χ4n) is 1.46. The zero-order valence-corrected chi connectivity index (χ0v) is 10.5. The van der Waals surface area contributed by atoms with E-state index >= 15 is 0 Å². The van der Waals surface area contributed by atoms with Crippen LogP contribution in [0.15, 0.2) is 41.4 Å². The van der Waals surface area contributed by atoms with Gasteiger partial charge < -0.3 is 0 Å². The van der Waals surface area contributed by atoms with Gasteiger partial charge in [-0.1, -0.05) is 12.1 Å². The van der Waals surface area contributed by atoms with E-state index in [2.05, 4.69) is 15.4 Å². The second-order valence-corrected chi connectivity index (χ2v) is 5.72. The molecule has 0 aliphatic heterocycles. The Morgan fingerprint density at radius 3 is 2.39 bits per heavy atom. The van der Waals surface area contributed by atoms with Crippen molar-refractivity contribution in [2.75, 3.05) is 11.7 Å². The standard InChI is InChI=1S/C11H12N4O2S/c1-18(16,17)9-4-2-8(3-5-9)10-6-7-13-11(14-10)15-12/h2-7H,12H2,1H3,(H,13,14,15). The number of anilines is 1. The van der Waals surface area contributed by atoms with Crippen molar-refractivity contribution in [3.05, 3.63) is 36.5 Å². The molecule has 0 unspecified atom stereocenters. The Hall–Kier alpha value is -1.99. The van der Waals surface area contributed by atoms with Gasteiger partial charge >= 0.3 is 0 Å². The Morgan fingerprint density at radius 1 is 1.17 bits per heavy atom. The van der Waals surface area contributed by atoms with Crippen LogP contribution >= 0.6 is 0 Å². The molecule has 0 saturated heterocycles. The maximum absolute atomic E-state index is 11.3. The summed E-state index contributed by atoms with van der Waals surface area (Å²) in [7, 11) is -3.18. The SMILES string of the molecule is CS(=O)(=O)c1ccc(-c2ccnc(NN)n2)cc1. The minimum atomic E-state index is -3.18. The normalized spacial score (nSPS) is 11.2. The molecule has 0 fully saturated rings. The maximum Gasteiger partial charge on any atom is 0.237 e. The van der Waals surface area contributed by atoms with Gasteiger partial charge in [-0.2, -0.15) is 0 Å². The van der Waals surface area contributed by atoms with Crippen LogP contribution in [0, 0.1) is 0 Å². The molecule has 1 aromatic carbocycles. The van der Waals surface area contributed by atoms with Gasteiger partial charge in [0, 0.05) is 18.0 Å². The third-order valence-electron chi connectivity index (χ3n) is 2.36. The number of benzene rings is 1. The summed E-state index contributed by atoms with van der Waals surface area (Å²) >= 11 is 0. The minimum absolute atomic E-state index is 0.275. The molecule has 0 radical (unpaired) electrons. The number of nitrogens with zero attached hydrogens (tertiary/aromatic N) is 2. The number of aromatic nitrogens is 2. The van der Waals surface area contributed by atoms with Gasteiger partial charge in [-0.15, -0.1) is 0 Å². The molecule has 0 saturated carbocycles. The third kappa shape index (κ3) is 2.63. The lowest BCUT2D eigenvalue weighted by molar-refractivity contribution is 0.602. The van der Waals surface area contributed by atoms with E-state index in [4.69, 9.17) is 5.84 Å². The topological polar surface area (TPSA) is 98.0 Å². The highest BCUT2D eigenvalue weighted by molar-refractivity contribution is 7.90. The van der Waals surface area contributed by atoms with Crippen molar-refractivity contribution in [3.8, 4) is 11.3 Å². The molecule has 1 heterocycles. The van der Waals surface area contributed by atoms with E-state index < -0.39 is 9.84 Å². The summed E-state index contributed by atoms with van der Waals surface area (Å²) in [6.45, 7) is 0. The first-order valence-electron chi connectivity index (χ1n) is 5.11. The van der Waals surface area contributed by atoms with Gasteiger partial charge in [0.25, 0.3) is 0 Å². The molecular weight excluding hydrogens is 252 g/mol. The number of nitrogens with one attached hydrogen (secondary N) is 1. The summed E-state index contributed by atoms with van der Waals surface area (Å²) < 4.78 is 22.7. The van der Waals surface area contributed by atoms with E-state index in [1.165, 1.54) is 6.26 Å². The lowest BCUT2D eigenvalue weighted by Gasteiger charge is -2.04. The number of nitrogens with two attached hydrogens (primary N) is 1. The number of nitrogen functional groups attached to an aromatic ring is 1. The van der Waals surface area contributed by atoms with Crippen LogP contribution in [0.5, 0.6) is 0 Å². The first kappa shape index (κ1) is 12.5. The van der Waals surface area contributed by atoms with Crippen LogP contribution in [0.1, 0.15) is 0 Å². The van der Waals surface area contributed by atoms with Crippen LogP contribution in [-0.2, 0) is 9.84 Å². The van der Waals surface area contributed by atoms with Crippen molar-refractivity contribution in [3.63, 3.8) is 0 Å². The minimum Gasteiger partial charge on any atom is -0.292 e. The highest BCUT2D eigenvalue weighted by atomic mass is 32.2. The molecule has 0 aliphatic carbocycles. The first-order chi connectivity index (χ1) is 8.50. The highest BCUT2D eigenvalue weighted by Gasteiger charge is 2.07. The fraction of sp³-hybridized carbons (Fsp3) is 0.0909. The molecule has 2 aromatic rings. The zero-order valence-electron chi connectivity index (χ0n) is 9.66. The van der Waals surface area contributed by atoms with Gasteiger partial charge in [0.1, 0.15) is 0 Å².